The molecule has 6 nitrogen and oxygen atoms in total. The summed E-state index contributed by atoms with van der Waals surface area (Å²) in [4.78, 5) is 25.2. The van der Waals surface area contributed by atoms with Gasteiger partial charge in [0.2, 0.25) is 0 Å². The average Bonchev–Trinajstić information content (AvgIpc) is 2.74. The molecule has 2 aromatic heterocycles. The Morgan fingerprint density at radius 1 is 1.39 bits per heavy atom. The number of fused-ring (bicyclic) bond motifs is 3. The number of nitrogens with one attached hydrogen (secondary N) is 1. The Bertz CT molecular complexity index is 850. The van der Waals surface area contributed by atoms with Gasteiger partial charge in [-0.3, -0.25) is 0 Å². The summed E-state index contributed by atoms with van der Waals surface area (Å²) in [6.07, 6.45) is 0. The summed E-state index contributed by atoms with van der Waals surface area (Å²) >= 11 is 5.84. The number of nitrogens with zero attached hydrogens (tertiary/aromatic N) is 2. The molecule has 2 N–H and O–H groups in total. The van der Waals surface area contributed by atoms with E-state index in [1.165, 1.54) is 6.07 Å². The lowest BCUT2D eigenvalue weighted by Gasteiger charge is -2.00. The second kappa shape index (κ2) is 3.58. The second-order valence-corrected chi connectivity index (χ2v) is 4.19. The predicted molar refractivity (Wildman–Crippen MR) is 65.3 cm³/mol. The van der Waals surface area contributed by atoms with Crippen LogP contribution in [-0.2, 0) is 0 Å². The van der Waals surface area contributed by atoms with E-state index in [2.05, 4.69) is 10.1 Å². The molecule has 7 heteroatoms. The molecular weight excluding hydrogens is 258 g/mol. The number of aromatic carboxylic acids is 1. The van der Waals surface area contributed by atoms with Gasteiger partial charge in [0, 0.05) is 10.4 Å². The van der Waals surface area contributed by atoms with Crippen molar-refractivity contribution < 1.29 is 9.90 Å². The molecule has 0 saturated heterocycles. The molecule has 0 aliphatic rings. The molecular formula is C11H6ClN3O3. The van der Waals surface area contributed by atoms with Gasteiger partial charge < -0.3 is 10.1 Å². The molecule has 0 aliphatic carbocycles. The van der Waals surface area contributed by atoms with Crippen molar-refractivity contribution in [1.29, 1.82) is 0 Å². The Hall–Kier alpha value is -2.34. The van der Waals surface area contributed by atoms with Crippen LogP contribution >= 0.6 is 11.6 Å². The van der Waals surface area contributed by atoms with E-state index in [1.54, 1.807) is 18.2 Å². The van der Waals surface area contributed by atoms with Crippen molar-refractivity contribution >= 4 is 34.0 Å². The maximum atomic E-state index is 11.7. The Morgan fingerprint density at radius 2 is 2.17 bits per heavy atom. The smallest absolute Gasteiger partial charge is 0.356 e. The fourth-order valence-corrected chi connectivity index (χ4v) is 2.02. The highest BCUT2D eigenvalue weighted by Crippen LogP contribution is 2.20. The predicted octanol–water partition coefficient (Wildman–Crippen LogP) is 1.53. The van der Waals surface area contributed by atoms with E-state index >= 15 is 0 Å². The summed E-state index contributed by atoms with van der Waals surface area (Å²) in [7, 11) is 0. The minimum atomic E-state index is -1.18. The third-order valence-electron chi connectivity index (χ3n) is 2.62. The van der Waals surface area contributed by atoms with Crippen LogP contribution in [0.5, 0.6) is 0 Å². The molecule has 0 saturated carbocycles. The summed E-state index contributed by atoms with van der Waals surface area (Å²) in [6, 6.07) is 6.32. The van der Waals surface area contributed by atoms with Crippen LogP contribution in [0.1, 0.15) is 10.5 Å². The van der Waals surface area contributed by atoms with Gasteiger partial charge in [0.1, 0.15) is 0 Å². The summed E-state index contributed by atoms with van der Waals surface area (Å²) < 4.78 is 1.03. The third kappa shape index (κ3) is 1.46. The fourth-order valence-electron chi connectivity index (χ4n) is 1.84. The molecule has 0 fully saturated rings. The summed E-state index contributed by atoms with van der Waals surface area (Å²) in [5.41, 5.74) is 0.287. The number of aromatic nitrogens is 3. The van der Waals surface area contributed by atoms with Crippen molar-refractivity contribution in [2.24, 2.45) is 0 Å². The monoisotopic (exact) mass is 263 g/mol. The van der Waals surface area contributed by atoms with Crippen molar-refractivity contribution in [2.45, 2.75) is 0 Å². The standard InChI is InChI=1S/C11H6ClN3O3/c12-5-1-2-6-7(3-5)13-11(18)15-9(6)4-8(14-15)10(16)17/h1-4H,(H,13,18)(H,16,17). The van der Waals surface area contributed by atoms with Gasteiger partial charge in [0.15, 0.2) is 5.69 Å². The van der Waals surface area contributed by atoms with Crippen molar-refractivity contribution in [2.75, 3.05) is 0 Å². The Kier molecular flexibility index (Phi) is 2.14. The van der Waals surface area contributed by atoms with Gasteiger partial charge in [-0.1, -0.05) is 11.6 Å². The number of halogens is 1. The van der Waals surface area contributed by atoms with Crippen LogP contribution in [0.25, 0.3) is 16.4 Å². The van der Waals surface area contributed by atoms with Crippen LogP contribution in [0.3, 0.4) is 0 Å². The fraction of sp³-hybridized carbons (Fsp3) is 0. The van der Waals surface area contributed by atoms with Crippen LogP contribution in [-0.4, -0.2) is 25.7 Å². The lowest BCUT2D eigenvalue weighted by molar-refractivity contribution is 0.0690. The maximum absolute atomic E-state index is 11.7. The second-order valence-electron chi connectivity index (χ2n) is 3.75. The lowest BCUT2D eigenvalue weighted by Crippen LogP contribution is -2.17. The number of carboxylic acids is 1. The summed E-state index contributed by atoms with van der Waals surface area (Å²) in [5.74, 6) is -1.18. The first-order chi connectivity index (χ1) is 8.56. The number of H-pyrrole nitrogens is 1. The van der Waals surface area contributed by atoms with Crippen LogP contribution in [0.15, 0.2) is 29.1 Å². The van der Waals surface area contributed by atoms with E-state index in [0.29, 0.717) is 21.4 Å². The number of carboxylic acid groups (broad SMARTS) is 1. The molecule has 0 amide bonds. The number of rotatable bonds is 1. The van der Waals surface area contributed by atoms with E-state index in [4.69, 9.17) is 16.7 Å². The third-order valence-corrected chi connectivity index (χ3v) is 2.86. The first-order valence-electron chi connectivity index (χ1n) is 5.01. The number of carbonyl (C=O) groups is 1. The maximum Gasteiger partial charge on any atom is 0.356 e. The van der Waals surface area contributed by atoms with Crippen molar-refractivity contribution in [3.05, 3.63) is 45.5 Å². The van der Waals surface area contributed by atoms with Gasteiger partial charge in [0.25, 0.3) is 0 Å². The van der Waals surface area contributed by atoms with Gasteiger partial charge in [-0.05, 0) is 24.3 Å². The molecule has 0 spiro atoms. The van der Waals surface area contributed by atoms with Crippen LogP contribution < -0.4 is 5.69 Å². The van der Waals surface area contributed by atoms with Crippen molar-refractivity contribution in [1.82, 2.24) is 14.6 Å². The SMILES string of the molecule is O=C(O)c1cc2c3ccc(Cl)cc3[nH]c(=O)n2n1. The Balaban J connectivity index is 2.53. The normalized spacial score (nSPS) is 11.2. The van der Waals surface area contributed by atoms with Gasteiger partial charge >= 0.3 is 11.7 Å². The summed E-state index contributed by atoms with van der Waals surface area (Å²) in [6.45, 7) is 0. The highest BCUT2D eigenvalue weighted by molar-refractivity contribution is 6.31. The topological polar surface area (TPSA) is 87.5 Å². The molecule has 0 atom stereocenters. The van der Waals surface area contributed by atoms with Gasteiger partial charge in [0.05, 0.1) is 11.0 Å². The summed E-state index contributed by atoms with van der Waals surface area (Å²) in [5, 5.41) is 13.8. The first-order valence-corrected chi connectivity index (χ1v) is 5.39. The largest absolute Gasteiger partial charge is 0.476 e. The number of aromatic amines is 1. The lowest BCUT2D eigenvalue weighted by atomic mass is 10.2. The molecule has 2 heterocycles. The molecule has 0 aliphatic heterocycles. The van der Waals surface area contributed by atoms with Crippen molar-refractivity contribution in [3.8, 4) is 0 Å². The van der Waals surface area contributed by atoms with E-state index < -0.39 is 11.7 Å². The van der Waals surface area contributed by atoms with E-state index in [1.807, 2.05) is 0 Å². The number of hydrogen-bond acceptors (Lipinski definition) is 3. The average molecular weight is 264 g/mol. The number of hydrogen-bond donors (Lipinski definition) is 2. The molecule has 0 bridgehead atoms. The molecule has 18 heavy (non-hydrogen) atoms. The molecule has 90 valence electrons. The number of benzene rings is 1. The minimum absolute atomic E-state index is 0.178. The van der Waals surface area contributed by atoms with Gasteiger partial charge in [-0.15, -0.1) is 0 Å². The highest BCUT2D eigenvalue weighted by Gasteiger charge is 2.13. The minimum Gasteiger partial charge on any atom is -0.476 e. The molecule has 1 aromatic carbocycles. The van der Waals surface area contributed by atoms with Gasteiger partial charge in [-0.2, -0.15) is 9.61 Å². The van der Waals surface area contributed by atoms with Crippen molar-refractivity contribution in [3.63, 3.8) is 0 Å². The zero-order valence-electron chi connectivity index (χ0n) is 8.85. The van der Waals surface area contributed by atoms with E-state index in [9.17, 15) is 9.59 Å². The molecule has 3 aromatic rings. The van der Waals surface area contributed by atoms with Crippen LogP contribution in [0, 0.1) is 0 Å². The van der Waals surface area contributed by atoms with Crippen LogP contribution in [0.2, 0.25) is 5.02 Å². The van der Waals surface area contributed by atoms with E-state index in [-0.39, 0.29) is 5.69 Å². The zero-order valence-corrected chi connectivity index (χ0v) is 9.60. The quantitative estimate of drug-likeness (QED) is 0.697. The zero-order chi connectivity index (χ0) is 12.9. The molecule has 0 unspecified atom stereocenters. The van der Waals surface area contributed by atoms with Crippen LogP contribution in [0.4, 0.5) is 0 Å². The highest BCUT2D eigenvalue weighted by atomic mass is 35.5. The molecule has 3 rings (SSSR count). The molecule has 0 radical (unpaired) electrons. The first kappa shape index (κ1) is 10.8. The Morgan fingerprint density at radius 3 is 2.89 bits per heavy atom. The Labute approximate surface area is 104 Å². The van der Waals surface area contributed by atoms with Gasteiger partial charge in [-0.25, -0.2) is 9.59 Å². The van der Waals surface area contributed by atoms with E-state index in [0.717, 1.165) is 4.52 Å².